The molecule has 0 spiro atoms. The Kier molecular flexibility index (Phi) is 4.28. The van der Waals surface area contributed by atoms with Crippen molar-refractivity contribution in [3.63, 3.8) is 0 Å². The van der Waals surface area contributed by atoms with Gasteiger partial charge in [-0.2, -0.15) is 0 Å². The lowest BCUT2D eigenvalue weighted by atomic mass is 9.79. The molecule has 1 fully saturated rings. The number of alkyl halides is 1. The number of anilines is 1. The van der Waals surface area contributed by atoms with Gasteiger partial charge in [-0.25, -0.2) is 0 Å². The normalized spacial score (nSPS) is 19.9. The van der Waals surface area contributed by atoms with E-state index in [0.29, 0.717) is 0 Å². The highest BCUT2D eigenvalue weighted by atomic mass is 79.9. The van der Waals surface area contributed by atoms with Gasteiger partial charge in [0, 0.05) is 5.69 Å². The van der Waals surface area contributed by atoms with Crippen LogP contribution in [0.3, 0.4) is 0 Å². The first-order valence-corrected chi connectivity index (χ1v) is 7.69. The third-order valence-corrected chi connectivity index (χ3v) is 4.33. The van der Waals surface area contributed by atoms with Crippen molar-refractivity contribution in [3.05, 3.63) is 24.3 Å². The predicted octanol–water partition coefficient (Wildman–Crippen LogP) is 2.32. The summed E-state index contributed by atoms with van der Waals surface area (Å²) < 4.78 is 12.0. The van der Waals surface area contributed by atoms with Gasteiger partial charge in [0.1, 0.15) is 0 Å². The standard InChI is InChI=1S/C14H19BBrNO3/c1-13(2)14(3,4)20-15(19-13)10-6-5-7-11(8-10)17-12(18)9-16/h5-8H,9H2,1-4H3,(H,17,18). The van der Waals surface area contributed by atoms with Crippen LogP contribution in [0.4, 0.5) is 5.69 Å². The number of nitrogens with one attached hydrogen (secondary N) is 1. The summed E-state index contributed by atoms with van der Waals surface area (Å²) in [4.78, 5) is 11.4. The van der Waals surface area contributed by atoms with E-state index in [1.807, 2.05) is 52.0 Å². The van der Waals surface area contributed by atoms with Gasteiger partial charge in [0.05, 0.1) is 16.5 Å². The molecular formula is C14H19BBrNO3. The molecule has 0 bridgehead atoms. The topological polar surface area (TPSA) is 47.6 Å². The molecule has 1 saturated heterocycles. The molecule has 0 unspecified atom stereocenters. The lowest BCUT2D eigenvalue weighted by molar-refractivity contribution is -0.113. The highest BCUT2D eigenvalue weighted by Crippen LogP contribution is 2.36. The summed E-state index contributed by atoms with van der Waals surface area (Å²) in [6.07, 6.45) is 0. The van der Waals surface area contributed by atoms with Crippen LogP contribution in [0, 0.1) is 0 Å². The largest absolute Gasteiger partial charge is 0.494 e. The predicted molar refractivity (Wildman–Crippen MR) is 84.6 cm³/mol. The van der Waals surface area contributed by atoms with Crippen LogP contribution in [0.5, 0.6) is 0 Å². The van der Waals surface area contributed by atoms with Gasteiger partial charge in [-0.15, -0.1) is 0 Å². The zero-order valence-corrected chi connectivity index (χ0v) is 13.8. The van der Waals surface area contributed by atoms with Crippen molar-refractivity contribution in [1.29, 1.82) is 0 Å². The molecule has 1 aromatic carbocycles. The summed E-state index contributed by atoms with van der Waals surface area (Å²) in [6.45, 7) is 8.07. The van der Waals surface area contributed by atoms with Gasteiger partial charge >= 0.3 is 7.12 Å². The fraction of sp³-hybridized carbons (Fsp3) is 0.500. The van der Waals surface area contributed by atoms with Crippen LogP contribution >= 0.6 is 15.9 Å². The average molecular weight is 340 g/mol. The van der Waals surface area contributed by atoms with Gasteiger partial charge in [0.25, 0.3) is 0 Å². The van der Waals surface area contributed by atoms with Crippen molar-refractivity contribution < 1.29 is 14.1 Å². The van der Waals surface area contributed by atoms with Crippen molar-refractivity contribution in [3.8, 4) is 0 Å². The van der Waals surface area contributed by atoms with E-state index in [9.17, 15) is 4.79 Å². The monoisotopic (exact) mass is 339 g/mol. The molecule has 0 radical (unpaired) electrons. The van der Waals surface area contributed by atoms with Crippen LogP contribution in [0.1, 0.15) is 27.7 Å². The van der Waals surface area contributed by atoms with E-state index < -0.39 is 7.12 Å². The van der Waals surface area contributed by atoms with E-state index in [0.717, 1.165) is 11.2 Å². The molecule has 1 heterocycles. The smallest absolute Gasteiger partial charge is 0.399 e. The van der Waals surface area contributed by atoms with Gasteiger partial charge in [-0.1, -0.05) is 28.1 Å². The molecule has 1 aliphatic heterocycles. The minimum atomic E-state index is -0.416. The fourth-order valence-corrected chi connectivity index (χ4v) is 2.08. The number of halogens is 1. The van der Waals surface area contributed by atoms with Crippen molar-refractivity contribution >= 4 is 40.1 Å². The second-order valence-corrected chi connectivity index (χ2v) is 6.46. The third kappa shape index (κ3) is 3.08. The quantitative estimate of drug-likeness (QED) is 0.679. The zero-order valence-electron chi connectivity index (χ0n) is 12.2. The molecule has 6 heteroatoms. The Morgan fingerprint density at radius 3 is 2.40 bits per heavy atom. The molecule has 0 atom stereocenters. The Hall–Kier alpha value is -0.845. The summed E-state index contributed by atoms with van der Waals surface area (Å²) in [7, 11) is -0.416. The van der Waals surface area contributed by atoms with Crippen LogP contribution in [0.15, 0.2) is 24.3 Å². The molecule has 2 rings (SSSR count). The Balaban J connectivity index is 2.19. The minimum Gasteiger partial charge on any atom is -0.399 e. The first kappa shape index (κ1) is 15.5. The van der Waals surface area contributed by atoms with Crippen LogP contribution < -0.4 is 10.8 Å². The molecule has 0 aliphatic carbocycles. The molecule has 1 aromatic rings. The number of amides is 1. The number of hydrogen-bond donors (Lipinski definition) is 1. The SMILES string of the molecule is CC1(C)OB(c2cccc(NC(=O)CBr)c2)OC1(C)C. The van der Waals surface area contributed by atoms with Crippen LogP contribution in [0.2, 0.25) is 0 Å². The van der Waals surface area contributed by atoms with E-state index in [1.165, 1.54) is 0 Å². The molecule has 1 amide bonds. The maximum Gasteiger partial charge on any atom is 0.494 e. The summed E-state index contributed by atoms with van der Waals surface area (Å²) in [5, 5.41) is 3.07. The van der Waals surface area contributed by atoms with Crippen molar-refractivity contribution in [2.75, 3.05) is 10.6 Å². The van der Waals surface area contributed by atoms with Gasteiger partial charge in [-0.05, 0) is 45.3 Å². The number of benzene rings is 1. The average Bonchev–Trinajstić information content (AvgIpc) is 2.59. The maximum atomic E-state index is 11.4. The molecule has 20 heavy (non-hydrogen) atoms. The van der Waals surface area contributed by atoms with Gasteiger partial charge < -0.3 is 14.6 Å². The summed E-state index contributed by atoms with van der Waals surface area (Å²) in [6, 6.07) is 7.54. The van der Waals surface area contributed by atoms with Crippen LogP contribution in [-0.4, -0.2) is 29.6 Å². The Morgan fingerprint density at radius 2 is 1.85 bits per heavy atom. The van der Waals surface area contributed by atoms with Crippen molar-refractivity contribution in [2.45, 2.75) is 38.9 Å². The third-order valence-electron chi connectivity index (χ3n) is 3.82. The number of carbonyl (C=O) groups excluding carboxylic acids is 1. The molecule has 0 saturated carbocycles. The van der Waals surface area contributed by atoms with E-state index in [-0.39, 0.29) is 22.4 Å². The van der Waals surface area contributed by atoms with Crippen LogP contribution in [-0.2, 0) is 14.1 Å². The van der Waals surface area contributed by atoms with E-state index in [2.05, 4.69) is 21.2 Å². The highest BCUT2D eigenvalue weighted by molar-refractivity contribution is 9.09. The minimum absolute atomic E-state index is 0.0870. The molecule has 0 aromatic heterocycles. The molecule has 4 nitrogen and oxygen atoms in total. The van der Waals surface area contributed by atoms with E-state index in [1.54, 1.807) is 0 Å². The highest BCUT2D eigenvalue weighted by Gasteiger charge is 2.51. The molecular weight excluding hydrogens is 321 g/mol. The number of hydrogen-bond acceptors (Lipinski definition) is 3. The first-order chi connectivity index (χ1) is 9.25. The van der Waals surface area contributed by atoms with Gasteiger partial charge in [0.15, 0.2) is 0 Å². The summed E-state index contributed by atoms with van der Waals surface area (Å²) in [5.41, 5.74) is 0.900. The van der Waals surface area contributed by atoms with E-state index in [4.69, 9.17) is 9.31 Å². The lowest BCUT2D eigenvalue weighted by Gasteiger charge is -2.32. The lowest BCUT2D eigenvalue weighted by Crippen LogP contribution is -2.41. The molecule has 1 aliphatic rings. The summed E-state index contributed by atoms with van der Waals surface area (Å²) in [5.74, 6) is -0.0870. The Morgan fingerprint density at radius 1 is 1.25 bits per heavy atom. The Labute approximate surface area is 128 Å². The second-order valence-electron chi connectivity index (χ2n) is 5.90. The number of rotatable bonds is 3. The fourth-order valence-electron chi connectivity index (χ4n) is 1.94. The summed E-state index contributed by atoms with van der Waals surface area (Å²) >= 11 is 3.13. The van der Waals surface area contributed by atoms with Crippen molar-refractivity contribution in [1.82, 2.24) is 0 Å². The molecule has 1 N–H and O–H groups in total. The molecule has 108 valence electrons. The second kappa shape index (κ2) is 5.50. The van der Waals surface area contributed by atoms with Gasteiger partial charge in [-0.3, -0.25) is 4.79 Å². The van der Waals surface area contributed by atoms with Crippen LogP contribution in [0.25, 0.3) is 0 Å². The maximum absolute atomic E-state index is 11.4. The Bertz CT molecular complexity index is 503. The first-order valence-electron chi connectivity index (χ1n) is 6.56. The van der Waals surface area contributed by atoms with Gasteiger partial charge in [0.2, 0.25) is 5.91 Å². The van der Waals surface area contributed by atoms with E-state index >= 15 is 0 Å². The zero-order chi connectivity index (χ0) is 15.0. The number of carbonyl (C=O) groups is 1. The van der Waals surface area contributed by atoms with Crippen molar-refractivity contribution in [2.24, 2.45) is 0 Å².